The Hall–Kier alpha value is -5.70. The lowest BCUT2D eigenvalue weighted by Crippen LogP contribution is -2.51. The lowest BCUT2D eigenvalue weighted by Gasteiger charge is -2.30. The summed E-state index contributed by atoms with van der Waals surface area (Å²) in [4.78, 5) is 71.8. The van der Waals surface area contributed by atoms with Crippen LogP contribution in [0.15, 0.2) is 48.7 Å². The van der Waals surface area contributed by atoms with Crippen molar-refractivity contribution in [3.63, 3.8) is 0 Å². The molecule has 4 amide bonds. The first-order chi connectivity index (χ1) is 27.9. The second-order valence-corrected chi connectivity index (χ2v) is 16.2. The smallest absolute Gasteiger partial charge is 0.407 e. The fourth-order valence-electron chi connectivity index (χ4n) is 8.46. The zero-order valence-electron chi connectivity index (χ0n) is 34.3. The number of carbonyl (C=O) groups is 4. The van der Waals surface area contributed by atoms with Gasteiger partial charge in [0.15, 0.2) is 0 Å². The summed E-state index contributed by atoms with van der Waals surface area (Å²) in [6, 6.07) is 12.5. The molecule has 4 aromatic rings. The number of fused-ring (bicyclic) bond motifs is 3. The van der Waals surface area contributed by atoms with Gasteiger partial charge < -0.3 is 44.6 Å². The third-order valence-electron chi connectivity index (χ3n) is 11.5. The summed E-state index contributed by atoms with van der Waals surface area (Å²) in [6.45, 7) is 11.0. The van der Waals surface area contributed by atoms with Crippen LogP contribution in [-0.2, 0) is 30.5 Å². The zero-order chi connectivity index (χ0) is 41.2. The van der Waals surface area contributed by atoms with Crippen LogP contribution in [0.25, 0.3) is 33.6 Å². The van der Waals surface area contributed by atoms with E-state index in [1.807, 2.05) is 61.8 Å². The van der Waals surface area contributed by atoms with Gasteiger partial charge in [-0.25, -0.2) is 14.8 Å². The number of hydrogen-bond donors (Lipinski definition) is 4. The zero-order valence-corrected chi connectivity index (χ0v) is 34.3. The molecule has 15 heteroatoms. The van der Waals surface area contributed by atoms with E-state index in [4.69, 9.17) is 24.2 Å². The number of alkyl carbamates (subject to hydrolysis) is 1. The number of nitrogens with one attached hydrogen (secondary N) is 4. The number of benzene rings is 2. The minimum atomic E-state index is -0.707. The van der Waals surface area contributed by atoms with Gasteiger partial charge in [-0.15, -0.1) is 0 Å². The van der Waals surface area contributed by atoms with Crippen molar-refractivity contribution in [1.82, 2.24) is 40.4 Å². The van der Waals surface area contributed by atoms with Gasteiger partial charge in [0.25, 0.3) is 0 Å². The minimum absolute atomic E-state index is 0.0732. The van der Waals surface area contributed by atoms with Crippen molar-refractivity contribution < 1.29 is 33.4 Å². The molecule has 0 radical (unpaired) electrons. The largest absolute Gasteiger partial charge is 0.487 e. The first-order valence-electron chi connectivity index (χ1n) is 20.1. The van der Waals surface area contributed by atoms with Crippen molar-refractivity contribution in [2.75, 3.05) is 33.9 Å². The second kappa shape index (κ2) is 17.0. The number of aromatic nitrogens is 4. The molecule has 2 fully saturated rings. The highest BCUT2D eigenvalue weighted by Crippen LogP contribution is 2.42. The van der Waals surface area contributed by atoms with Crippen molar-refractivity contribution in [3.05, 3.63) is 66.0 Å². The maximum atomic E-state index is 13.8. The Balaban J connectivity index is 1.06. The summed E-state index contributed by atoms with van der Waals surface area (Å²) < 4.78 is 16.5. The molecule has 5 atom stereocenters. The number of imidazole rings is 2. The van der Waals surface area contributed by atoms with Crippen LogP contribution in [0.4, 0.5) is 4.79 Å². The molecule has 3 aliphatic rings. The highest BCUT2D eigenvalue weighted by atomic mass is 16.5. The highest BCUT2D eigenvalue weighted by molar-refractivity contribution is 5.88. The van der Waals surface area contributed by atoms with Gasteiger partial charge in [-0.1, -0.05) is 58.0 Å². The van der Waals surface area contributed by atoms with E-state index in [1.165, 1.54) is 14.0 Å². The molecular formula is C43H54N8O7. The van der Waals surface area contributed by atoms with Crippen molar-refractivity contribution in [3.8, 4) is 39.4 Å². The first-order valence-corrected chi connectivity index (χ1v) is 20.1. The molecule has 4 N–H and O–H groups in total. The van der Waals surface area contributed by atoms with Crippen LogP contribution in [0, 0.1) is 17.8 Å². The molecule has 3 aliphatic heterocycles. The molecule has 0 bridgehead atoms. The molecule has 0 unspecified atom stereocenters. The predicted molar refractivity (Wildman–Crippen MR) is 216 cm³/mol. The van der Waals surface area contributed by atoms with Gasteiger partial charge in [-0.05, 0) is 59.9 Å². The molecule has 0 aliphatic carbocycles. The summed E-state index contributed by atoms with van der Waals surface area (Å²) in [5, 5.41) is 5.55. The molecule has 2 saturated heterocycles. The number of likely N-dealkylation sites (tertiary alicyclic amines) is 2. The standard InChI is InChI=1S/C43H54N8O7/c1-23(2)36(45-25(5)52)42(54)51-20-26(21-56-6)17-34(51)39-44-19-31(46-39)28-12-10-27(11-13-28)29-14-15-30-35(18-29)58-22-32-38(30)48-40(47-32)33-9-8-16-50(33)41(53)37(24(3)4)49-43(55)57-7/h10-15,18-19,23-24,26,33-34,36-37H,8-9,16-17,20-22H2,1-7H3,(H,44,46)(H,45,52)(H,47,48)(H,49,55)/t26-,33-,34-,36-,37-/m0/s1. The average molecular weight is 795 g/mol. The summed E-state index contributed by atoms with van der Waals surface area (Å²) in [7, 11) is 2.95. The second-order valence-electron chi connectivity index (χ2n) is 16.2. The number of ether oxygens (including phenoxy) is 3. The molecule has 15 nitrogen and oxygen atoms in total. The van der Waals surface area contributed by atoms with Crippen LogP contribution in [0.1, 0.15) is 83.3 Å². The van der Waals surface area contributed by atoms with Crippen LogP contribution >= 0.6 is 0 Å². The number of amides is 4. The third-order valence-corrected chi connectivity index (χ3v) is 11.5. The van der Waals surface area contributed by atoms with Crippen molar-refractivity contribution >= 4 is 23.8 Å². The normalized spacial score (nSPS) is 19.7. The Bertz CT molecular complexity index is 2140. The molecular weight excluding hydrogens is 741 g/mol. The molecule has 2 aromatic carbocycles. The van der Waals surface area contributed by atoms with Crippen LogP contribution in [0.5, 0.6) is 5.75 Å². The third kappa shape index (κ3) is 8.17. The highest BCUT2D eigenvalue weighted by Gasteiger charge is 2.42. The van der Waals surface area contributed by atoms with E-state index >= 15 is 0 Å². The van der Waals surface area contributed by atoms with E-state index in [2.05, 4.69) is 38.8 Å². The Labute approximate surface area is 338 Å². The van der Waals surface area contributed by atoms with Crippen molar-refractivity contribution in [2.45, 2.75) is 84.7 Å². The fourth-order valence-corrected chi connectivity index (χ4v) is 8.46. The molecule has 2 aromatic heterocycles. The number of carbonyl (C=O) groups excluding carboxylic acids is 4. The van der Waals surface area contributed by atoms with Crippen LogP contribution in [-0.4, -0.2) is 99.6 Å². The monoisotopic (exact) mass is 794 g/mol. The van der Waals surface area contributed by atoms with E-state index in [1.54, 1.807) is 13.3 Å². The quantitative estimate of drug-likeness (QED) is 0.138. The van der Waals surface area contributed by atoms with Gasteiger partial charge in [0.1, 0.15) is 36.1 Å². The minimum Gasteiger partial charge on any atom is -0.487 e. The van der Waals surface area contributed by atoms with Gasteiger partial charge in [0.05, 0.1) is 49.1 Å². The maximum absolute atomic E-state index is 13.8. The Kier molecular flexibility index (Phi) is 11.9. The molecule has 7 rings (SSSR count). The van der Waals surface area contributed by atoms with Crippen molar-refractivity contribution in [2.24, 2.45) is 17.8 Å². The summed E-state index contributed by atoms with van der Waals surface area (Å²) in [5.41, 5.74) is 6.34. The number of hydrogen-bond acceptors (Lipinski definition) is 9. The number of rotatable bonds is 12. The average Bonchev–Trinajstić information content (AvgIpc) is 4.04. The van der Waals surface area contributed by atoms with Crippen LogP contribution in [0.2, 0.25) is 0 Å². The summed E-state index contributed by atoms with van der Waals surface area (Å²) in [5.74, 6) is 1.58. The van der Waals surface area contributed by atoms with Gasteiger partial charge >= 0.3 is 6.09 Å². The van der Waals surface area contributed by atoms with Gasteiger partial charge in [-0.2, -0.15) is 0 Å². The van der Waals surface area contributed by atoms with Gasteiger partial charge in [0.2, 0.25) is 17.7 Å². The van der Waals surface area contributed by atoms with E-state index in [9.17, 15) is 19.2 Å². The van der Waals surface area contributed by atoms with Crippen molar-refractivity contribution in [1.29, 1.82) is 0 Å². The fraction of sp³-hybridized carbons (Fsp3) is 0.488. The number of methoxy groups -OCH3 is 2. The topological polar surface area (TPSA) is 184 Å². The number of nitrogens with zero attached hydrogens (tertiary/aromatic N) is 4. The summed E-state index contributed by atoms with van der Waals surface area (Å²) in [6.07, 6.45) is 3.46. The molecule has 0 saturated carbocycles. The molecule has 58 heavy (non-hydrogen) atoms. The van der Waals surface area contributed by atoms with Crippen LogP contribution < -0.4 is 15.4 Å². The Morgan fingerprint density at radius 1 is 0.879 bits per heavy atom. The van der Waals surface area contributed by atoms with Gasteiger partial charge in [-0.3, -0.25) is 14.4 Å². The van der Waals surface area contributed by atoms with E-state index in [-0.39, 0.29) is 47.6 Å². The van der Waals surface area contributed by atoms with E-state index in [0.717, 1.165) is 57.9 Å². The Morgan fingerprint density at radius 2 is 1.57 bits per heavy atom. The van der Waals surface area contributed by atoms with Crippen LogP contribution in [0.3, 0.4) is 0 Å². The van der Waals surface area contributed by atoms with E-state index in [0.29, 0.717) is 44.4 Å². The predicted octanol–water partition coefficient (Wildman–Crippen LogP) is 5.77. The van der Waals surface area contributed by atoms with Gasteiger partial charge in [0, 0.05) is 38.6 Å². The maximum Gasteiger partial charge on any atom is 0.407 e. The van der Waals surface area contributed by atoms with E-state index < -0.39 is 18.2 Å². The molecule has 308 valence electrons. The Morgan fingerprint density at radius 3 is 2.26 bits per heavy atom. The summed E-state index contributed by atoms with van der Waals surface area (Å²) >= 11 is 0. The molecule has 5 heterocycles. The number of H-pyrrole nitrogens is 2. The lowest BCUT2D eigenvalue weighted by molar-refractivity contribution is -0.138. The SMILES string of the molecule is COC[C@H]1C[C@@H](c2ncc(-c3ccc(-c4ccc5c(c4)OCc4[nH]c([C@@H]6CCCN6C(=O)[C@@H](NC(=O)OC)C(C)C)nc4-5)cc3)[nH]2)N(C(=O)[C@@H](NC(C)=O)C(C)C)C1. The first kappa shape index (κ1) is 40.5. The lowest BCUT2D eigenvalue weighted by atomic mass is 9.99. The molecule has 0 spiro atoms. The number of aromatic amines is 2.